The van der Waals surface area contributed by atoms with Gasteiger partial charge in [-0.1, -0.05) is 18.2 Å². The standard InChI is InChI=1S/C17H26N2O3/c1-13(12-14-6-4-5-7-16(14)21-2)18-15-8-10-19(11-9-15)17(20)22-3/h4-7,13,15,18H,8-12H2,1-3H3. The number of ether oxygens (including phenoxy) is 2. The van der Waals surface area contributed by atoms with Crippen LogP contribution in [0.1, 0.15) is 25.3 Å². The number of hydrogen-bond donors (Lipinski definition) is 1. The molecule has 0 radical (unpaired) electrons. The predicted octanol–water partition coefficient (Wildman–Crippen LogP) is 2.45. The van der Waals surface area contributed by atoms with Crippen molar-refractivity contribution in [1.82, 2.24) is 10.2 Å². The first kappa shape index (κ1) is 16.6. The normalized spacial score (nSPS) is 17.1. The molecule has 2 rings (SSSR count). The Bertz CT molecular complexity index is 485. The monoisotopic (exact) mass is 306 g/mol. The SMILES string of the molecule is COC(=O)N1CCC(NC(C)Cc2ccccc2OC)CC1. The third-order valence-corrected chi connectivity index (χ3v) is 4.17. The number of rotatable bonds is 5. The first-order valence-electron chi connectivity index (χ1n) is 7.85. The molecule has 1 aliphatic rings. The van der Waals surface area contributed by atoms with E-state index >= 15 is 0 Å². The molecule has 122 valence electrons. The molecular weight excluding hydrogens is 280 g/mol. The molecule has 5 heteroatoms. The largest absolute Gasteiger partial charge is 0.496 e. The van der Waals surface area contributed by atoms with Crippen molar-refractivity contribution in [1.29, 1.82) is 0 Å². The predicted molar refractivity (Wildman–Crippen MR) is 86.3 cm³/mol. The number of nitrogens with zero attached hydrogens (tertiary/aromatic N) is 1. The minimum Gasteiger partial charge on any atom is -0.496 e. The summed E-state index contributed by atoms with van der Waals surface area (Å²) in [5, 5.41) is 3.66. The molecule has 0 spiro atoms. The van der Waals surface area contributed by atoms with Gasteiger partial charge in [0, 0.05) is 25.2 Å². The Kier molecular flexibility index (Phi) is 6.07. The Balaban J connectivity index is 1.81. The van der Waals surface area contributed by atoms with Crippen molar-refractivity contribution in [3.05, 3.63) is 29.8 Å². The van der Waals surface area contributed by atoms with Crippen LogP contribution in [0.5, 0.6) is 5.75 Å². The van der Waals surface area contributed by atoms with Gasteiger partial charge in [-0.15, -0.1) is 0 Å². The highest BCUT2D eigenvalue weighted by Gasteiger charge is 2.24. The van der Waals surface area contributed by atoms with Gasteiger partial charge >= 0.3 is 6.09 Å². The molecule has 5 nitrogen and oxygen atoms in total. The Labute approximate surface area is 132 Å². The quantitative estimate of drug-likeness (QED) is 0.908. The second kappa shape index (κ2) is 8.03. The first-order chi connectivity index (χ1) is 10.6. The summed E-state index contributed by atoms with van der Waals surface area (Å²) in [5.74, 6) is 0.941. The van der Waals surface area contributed by atoms with E-state index in [1.54, 1.807) is 12.0 Å². The van der Waals surface area contributed by atoms with Gasteiger partial charge in [0.15, 0.2) is 0 Å². The molecule has 1 N–H and O–H groups in total. The van der Waals surface area contributed by atoms with Crippen LogP contribution in [-0.4, -0.2) is 50.4 Å². The van der Waals surface area contributed by atoms with Gasteiger partial charge in [-0.2, -0.15) is 0 Å². The maximum absolute atomic E-state index is 11.5. The van der Waals surface area contributed by atoms with Crippen LogP contribution < -0.4 is 10.1 Å². The zero-order valence-electron chi connectivity index (χ0n) is 13.7. The molecule has 1 amide bonds. The highest BCUT2D eigenvalue weighted by Crippen LogP contribution is 2.20. The summed E-state index contributed by atoms with van der Waals surface area (Å²) in [6.07, 6.45) is 2.64. The molecule has 1 aliphatic heterocycles. The molecule has 1 atom stereocenters. The number of methoxy groups -OCH3 is 2. The fraction of sp³-hybridized carbons (Fsp3) is 0.588. The van der Waals surface area contributed by atoms with Crippen molar-refractivity contribution >= 4 is 6.09 Å². The molecule has 22 heavy (non-hydrogen) atoms. The second-order valence-electron chi connectivity index (χ2n) is 5.82. The Morgan fingerprint density at radius 2 is 2.00 bits per heavy atom. The lowest BCUT2D eigenvalue weighted by Gasteiger charge is -2.33. The summed E-state index contributed by atoms with van der Waals surface area (Å²) in [4.78, 5) is 13.2. The summed E-state index contributed by atoms with van der Waals surface area (Å²) in [7, 11) is 3.14. The number of nitrogens with one attached hydrogen (secondary N) is 1. The highest BCUT2D eigenvalue weighted by atomic mass is 16.5. The van der Waals surface area contributed by atoms with Crippen molar-refractivity contribution in [2.24, 2.45) is 0 Å². The lowest BCUT2D eigenvalue weighted by Crippen LogP contribution is -2.47. The van der Waals surface area contributed by atoms with Crippen LogP contribution in [0, 0.1) is 0 Å². The maximum atomic E-state index is 11.5. The van der Waals surface area contributed by atoms with E-state index < -0.39 is 0 Å². The van der Waals surface area contributed by atoms with Gasteiger partial charge in [-0.05, 0) is 37.8 Å². The summed E-state index contributed by atoms with van der Waals surface area (Å²) >= 11 is 0. The van der Waals surface area contributed by atoms with Crippen molar-refractivity contribution in [2.75, 3.05) is 27.3 Å². The van der Waals surface area contributed by atoms with Gasteiger partial charge in [0.2, 0.25) is 0 Å². The van der Waals surface area contributed by atoms with Crippen LogP contribution in [0.3, 0.4) is 0 Å². The third-order valence-electron chi connectivity index (χ3n) is 4.17. The summed E-state index contributed by atoms with van der Waals surface area (Å²) in [6.45, 7) is 3.70. The smallest absolute Gasteiger partial charge is 0.409 e. The van der Waals surface area contributed by atoms with Crippen LogP contribution in [0.25, 0.3) is 0 Å². The highest BCUT2D eigenvalue weighted by molar-refractivity contribution is 5.67. The van der Waals surface area contributed by atoms with Crippen molar-refractivity contribution < 1.29 is 14.3 Å². The van der Waals surface area contributed by atoms with Crippen LogP contribution >= 0.6 is 0 Å². The van der Waals surface area contributed by atoms with E-state index in [0.717, 1.165) is 38.1 Å². The maximum Gasteiger partial charge on any atom is 0.409 e. The molecule has 1 fully saturated rings. The second-order valence-corrected chi connectivity index (χ2v) is 5.82. The fourth-order valence-corrected chi connectivity index (χ4v) is 3.02. The molecule has 1 unspecified atom stereocenters. The summed E-state index contributed by atoms with van der Waals surface area (Å²) in [6, 6.07) is 8.95. The number of hydrogen-bond acceptors (Lipinski definition) is 4. The van der Waals surface area contributed by atoms with Crippen molar-refractivity contribution in [3.63, 3.8) is 0 Å². The average molecular weight is 306 g/mol. The number of benzene rings is 1. The third kappa shape index (κ3) is 4.37. The van der Waals surface area contributed by atoms with Gasteiger partial charge < -0.3 is 19.7 Å². The van der Waals surface area contributed by atoms with E-state index in [-0.39, 0.29) is 6.09 Å². The number of para-hydroxylation sites is 1. The molecule has 1 saturated heterocycles. The molecule has 0 aliphatic carbocycles. The minimum atomic E-state index is -0.222. The van der Waals surface area contributed by atoms with E-state index in [0.29, 0.717) is 12.1 Å². The van der Waals surface area contributed by atoms with Gasteiger partial charge in [-0.25, -0.2) is 4.79 Å². The van der Waals surface area contributed by atoms with Gasteiger partial charge in [-0.3, -0.25) is 0 Å². The zero-order chi connectivity index (χ0) is 15.9. The number of carbonyl (C=O) groups excluding carboxylic acids is 1. The van der Waals surface area contributed by atoms with Crippen LogP contribution in [0.15, 0.2) is 24.3 Å². The Morgan fingerprint density at radius 1 is 1.32 bits per heavy atom. The van der Waals surface area contributed by atoms with E-state index in [2.05, 4.69) is 18.3 Å². The molecule has 0 aromatic heterocycles. The Morgan fingerprint density at radius 3 is 2.64 bits per heavy atom. The number of likely N-dealkylation sites (tertiary alicyclic amines) is 1. The van der Waals surface area contributed by atoms with E-state index in [4.69, 9.17) is 9.47 Å². The molecular formula is C17H26N2O3. The molecule has 1 aromatic carbocycles. The topological polar surface area (TPSA) is 50.8 Å². The van der Waals surface area contributed by atoms with Crippen molar-refractivity contribution in [3.8, 4) is 5.75 Å². The first-order valence-corrected chi connectivity index (χ1v) is 7.85. The number of carbonyl (C=O) groups is 1. The number of piperidine rings is 1. The van der Waals surface area contributed by atoms with Gasteiger partial charge in [0.25, 0.3) is 0 Å². The van der Waals surface area contributed by atoms with Crippen LogP contribution in [-0.2, 0) is 11.2 Å². The lowest BCUT2D eigenvalue weighted by molar-refractivity contribution is 0.109. The van der Waals surface area contributed by atoms with Gasteiger partial charge in [0.1, 0.15) is 5.75 Å². The fourth-order valence-electron chi connectivity index (χ4n) is 3.02. The summed E-state index contributed by atoms with van der Waals surface area (Å²) in [5.41, 5.74) is 1.22. The summed E-state index contributed by atoms with van der Waals surface area (Å²) < 4.78 is 10.2. The lowest BCUT2D eigenvalue weighted by atomic mass is 10.0. The molecule has 0 bridgehead atoms. The van der Waals surface area contributed by atoms with E-state index in [1.165, 1.54) is 12.7 Å². The molecule has 1 aromatic rings. The molecule has 0 saturated carbocycles. The molecule has 1 heterocycles. The Hall–Kier alpha value is -1.75. The van der Waals surface area contributed by atoms with Crippen LogP contribution in [0.4, 0.5) is 4.79 Å². The van der Waals surface area contributed by atoms with Gasteiger partial charge in [0.05, 0.1) is 14.2 Å². The zero-order valence-corrected chi connectivity index (χ0v) is 13.7. The number of amides is 1. The van der Waals surface area contributed by atoms with E-state index in [9.17, 15) is 4.79 Å². The van der Waals surface area contributed by atoms with E-state index in [1.807, 2.05) is 18.2 Å². The van der Waals surface area contributed by atoms with Crippen LogP contribution in [0.2, 0.25) is 0 Å². The van der Waals surface area contributed by atoms with Crippen molar-refractivity contribution in [2.45, 2.75) is 38.3 Å². The minimum absolute atomic E-state index is 0.222. The average Bonchev–Trinajstić information content (AvgIpc) is 2.55.